The van der Waals surface area contributed by atoms with E-state index < -0.39 is 0 Å². The minimum Gasteiger partial charge on any atom is -0.506 e. The fourth-order valence-electron chi connectivity index (χ4n) is 2.12. The largest absolute Gasteiger partial charge is 0.506 e. The quantitative estimate of drug-likeness (QED) is 0.503. The zero-order valence-corrected chi connectivity index (χ0v) is 10.7. The van der Waals surface area contributed by atoms with Crippen molar-refractivity contribution in [2.24, 2.45) is 5.16 Å². The number of rotatable bonds is 4. The SMILES string of the molecule is CCCCn1c(=O)c(C=NO)c(O)c2ccccc21. The van der Waals surface area contributed by atoms with Gasteiger partial charge in [-0.1, -0.05) is 30.6 Å². The van der Waals surface area contributed by atoms with Crippen molar-refractivity contribution >= 4 is 17.1 Å². The Morgan fingerprint density at radius 2 is 2.11 bits per heavy atom. The van der Waals surface area contributed by atoms with Crippen LogP contribution in [0.2, 0.25) is 0 Å². The van der Waals surface area contributed by atoms with Crippen molar-refractivity contribution in [3.8, 4) is 5.75 Å². The molecule has 0 spiro atoms. The van der Waals surface area contributed by atoms with Crippen molar-refractivity contribution in [1.29, 1.82) is 0 Å². The first-order valence-corrected chi connectivity index (χ1v) is 6.22. The molecule has 19 heavy (non-hydrogen) atoms. The zero-order chi connectivity index (χ0) is 13.8. The van der Waals surface area contributed by atoms with Crippen LogP contribution in [0.15, 0.2) is 34.2 Å². The number of unbranched alkanes of at least 4 members (excludes halogenated alkanes) is 1. The fraction of sp³-hybridized carbons (Fsp3) is 0.286. The van der Waals surface area contributed by atoms with Gasteiger partial charge in [-0.25, -0.2) is 0 Å². The van der Waals surface area contributed by atoms with Gasteiger partial charge < -0.3 is 14.9 Å². The molecule has 5 heteroatoms. The molecule has 100 valence electrons. The molecule has 5 nitrogen and oxygen atoms in total. The number of hydrogen-bond donors (Lipinski definition) is 2. The van der Waals surface area contributed by atoms with Gasteiger partial charge in [-0.3, -0.25) is 4.79 Å². The lowest BCUT2D eigenvalue weighted by atomic mass is 10.1. The molecule has 0 radical (unpaired) electrons. The van der Waals surface area contributed by atoms with E-state index in [0.29, 0.717) is 17.4 Å². The molecule has 2 N–H and O–H groups in total. The molecular formula is C14H16N2O3. The first-order valence-electron chi connectivity index (χ1n) is 6.22. The summed E-state index contributed by atoms with van der Waals surface area (Å²) in [5, 5.41) is 22.1. The Bertz CT molecular complexity index is 674. The predicted octanol–water partition coefficient (Wildman–Crippen LogP) is 2.32. The van der Waals surface area contributed by atoms with E-state index in [9.17, 15) is 9.90 Å². The van der Waals surface area contributed by atoms with Crippen molar-refractivity contribution in [3.63, 3.8) is 0 Å². The van der Waals surface area contributed by atoms with Crippen LogP contribution in [-0.4, -0.2) is 21.1 Å². The Morgan fingerprint density at radius 3 is 2.79 bits per heavy atom. The maximum absolute atomic E-state index is 12.3. The predicted molar refractivity (Wildman–Crippen MR) is 74.2 cm³/mol. The highest BCUT2D eigenvalue weighted by Gasteiger charge is 2.14. The van der Waals surface area contributed by atoms with Crippen LogP contribution in [0.4, 0.5) is 0 Å². The lowest BCUT2D eigenvalue weighted by Crippen LogP contribution is -2.24. The van der Waals surface area contributed by atoms with E-state index in [-0.39, 0.29) is 16.9 Å². The Balaban J connectivity index is 2.80. The molecule has 0 aliphatic rings. The second-order valence-electron chi connectivity index (χ2n) is 4.33. The molecule has 0 bridgehead atoms. The molecule has 2 rings (SSSR count). The lowest BCUT2D eigenvalue weighted by Gasteiger charge is -2.12. The summed E-state index contributed by atoms with van der Waals surface area (Å²) in [5.74, 6) is -0.147. The number of benzene rings is 1. The van der Waals surface area contributed by atoms with E-state index in [1.807, 2.05) is 13.0 Å². The minimum atomic E-state index is -0.345. The van der Waals surface area contributed by atoms with Crippen LogP contribution in [-0.2, 0) is 6.54 Å². The van der Waals surface area contributed by atoms with E-state index in [2.05, 4.69) is 5.16 Å². The van der Waals surface area contributed by atoms with Crippen molar-refractivity contribution in [2.75, 3.05) is 0 Å². The average molecular weight is 260 g/mol. The number of nitrogens with zero attached hydrogens (tertiary/aromatic N) is 2. The monoisotopic (exact) mass is 260 g/mol. The number of aryl methyl sites for hydroxylation is 1. The van der Waals surface area contributed by atoms with Gasteiger partial charge in [0.2, 0.25) is 0 Å². The third kappa shape index (κ3) is 2.31. The van der Waals surface area contributed by atoms with Crippen LogP contribution in [0.3, 0.4) is 0 Å². The molecule has 0 aliphatic heterocycles. The number of hydrogen-bond acceptors (Lipinski definition) is 4. The number of aromatic hydroxyl groups is 1. The van der Waals surface area contributed by atoms with Crippen LogP contribution in [0.25, 0.3) is 10.9 Å². The summed E-state index contributed by atoms with van der Waals surface area (Å²) in [5.41, 5.74) is 0.355. The number of fused-ring (bicyclic) bond motifs is 1. The van der Waals surface area contributed by atoms with E-state index >= 15 is 0 Å². The summed E-state index contributed by atoms with van der Waals surface area (Å²) in [4.78, 5) is 12.3. The van der Waals surface area contributed by atoms with Gasteiger partial charge >= 0.3 is 0 Å². The van der Waals surface area contributed by atoms with Crippen molar-refractivity contribution in [1.82, 2.24) is 4.57 Å². The van der Waals surface area contributed by atoms with Gasteiger partial charge in [0.25, 0.3) is 5.56 Å². The molecule has 0 atom stereocenters. The van der Waals surface area contributed by atoms with Gasteiger partial charge in [0.05, 0.1) is 11.7 Å². The first-order chi connectivity index (χ1) is 9.20. The number of pyridine rings is 1. The minimum absolute atomic E-state index is 0.0114. The molecule has 2 aromatic rings. The Kier molecular flexibility index (Phi) is 3.85. The van der Waals surface area contributed by atoms with E-state index in [1.165, 1.54) is 0 Å². The van der Waals surface area contributed by atoms with Crippen LogP contribution in [0.1, 0.15) is 25.3 Å². The van der Waals surface area contributed by atoms with Gasteiger partial charge in [-0.15, -0.1) is 0 Å². The smallest absolute Gasteiger partial charge is 0.263 e. The van der Waals surface area contributed by atoms with Crippen molar-refractivity contribution in [3.05, 3.63) is 40.2 Å². The summed E-state index contributed by atoms with van der Waals surface area (Å²) < 4.78 is 1.61. The second-order valence-corrected chi connectivity index (χ2v) is 4.33. The average Bonchev–Trinajstić information content (AvgIpc) is 2.43. The van der Waals surface area contributed by atoms with E-state index in [1.54, 1.807) is 22.8 Å². The van der Waals surface area contributed by atoms with Crippen molar-refractivity contribution in [2.45, 2.75) is 26.3 Å². The molecule has 1 aromatic carbocycles. The summed E-state index contributed by atoms with van der Waals surface area (Å²) in [7, 11) is 0. The summed E-state index contributed by atoms with van der Waals surface area (Å²) in [6, 6.07) is 7.15. The molecule has 0 amide bonds. The normalized spacial score (nSPS) is 11.4. The molecule has 1 aromatic heterocycles. The standard InChI is InChI=1S/C14H16N2O3/c1-2-3-8-16-12-7-5-4-6-10(12)13(17)11(9-15-19)14(16)18/h4-7,9,17,19H,2-3,8H2,1H3. The Morgan fingerprint density at radius 1 is 1.37 bits per heavy atom. The van der Waals surface area contributed by atoms with Crippen molar-refractivity contribution < 1.29 is 10.3 Å². The Hall–Kier alpha value is -2.30. The topological polar surface area (TPSA) is 74.8 Å². The number of para-hydroxylation sites is 1. The maximum Gasteiger partial charge on any atom is 0.263 e. The first kappa shape index (κ1) is 13.1. The third-order valence-corrected chi connectivity index (χ3v) is 3.10. The highest BCUT2D eigenvalue weighted by molar-refractivity contribution is 5.94. The van der Waals surface area contributed by atoms with Gasteiger partial charge in [-0.05, 0) is 18.6 Å². The van der Waals surface area contributed by atoms with Gasteiger partial charge in [0.15, 0.2) is 0 Å². The number of oxime groups is 1. The molecular weight excluding hydrogens is 244 g/mol. The number of aromatic nitrogens is 1. The lowest BCUT2D eigenvalue weighted by molar-refractivity contribution is 0.321. The molecule has 0 unspecified atom stereocenters. The maximum atomic E-state index is 12.3. The van der Waals surface area contributed by atoms with Crippen LogP contribution < -0.4 is 5.56 Å². The Labute approximate surface area is 110 Å². The molecule has 0 aliphatic carbocycles. The van der Waals surface area contributed by atoms with Crippen LogP contribution >= 0.6 is 0 Å². The van der Waals surface area contributed by atoms with Gasteiger partial charge in [-0.2, -0.15) is 0 Å². The van der Waals surface area contributed by atoms with Gasteiger partial charge in [0, 0.05) is 11.9 Å². The molecule has 0 fully saturated rings. The molecule has 0 saturated heterocycles. The molecule has 0 saturated carbocycles. The fourth-order valence-corrected chi connectivity index (χ4v) is 2.12. The zero-order valence-electron chi connectivity index (χ0n) is 10.7. The van der Waals surface area contributed by atoms with Crippen LogP contribution in [0.5, 0.6) is 5.75 Å². The summed E-state index contributed by atoms with van der Waals surface area (Å²) >= 11 is 0. The summed E-state index contributed by atoms with van der Waals surface area (Å²) in [6.07, 6.45) is 2.81. The second kappa shape index (κ2) is 5.56. The van der Waals surface area contributed by atoms with E-state index in [0.717, 1.165) is 19.1 Å². The molecule has 1 heterocycles. The highest BCUT2D eigenvalue weighted by Crippen LogP contribution is 2.25. The third-order valence-electron chi connectivity index (χ3n) is 3.10. The van der Waals surface area contributed by atoms with Crippen LogP contribution in [0, 0.1) is 0 Å². The highest BCUT2D eigenvalue weighted by atomic mass is 16.4. The van der Waals surface area contributed by atoms with E-state index in [4.69, 9.17) is 5.21 Å². The van der Waals surface area contributed by atoms with Gasteiger partial charge in [0.1, 0.15) is 11.3 Å². The summed E-state index contributed by atoms with van der Waals surface area (Å²) in [6.45, 7) is 2.62.